The Balaban J connectivity index is 0.00000272. The molecule has 0 atom stereocenters. The SMILES string of the molecule is CCCCn1c[n+](C)c2c(-c3ccc(C=O)cc3)ccc(-c3ccc(C=O)cc3)c21.Cl. The Kier molecular flexibility index (Phi) is 7.03. The van der Waals surface area contributed by atoms with E-state index < -0.39 is 0 Å². The number of benzene rings is 3. The van der Waals surface area contributed by atoms with Crippen molar-refractivity contribution in [2.45, 2.75) is 26.3 Å². The zero-order chi connectivity index (χ0) is 21.1. The third-order valence-corrected chi connectivity index (χ3v) is 5.57. The monoisotopic (exact) mass is 433 g/mol. The molecule has 0 aliphatic heterocycles. The highest BCUT2D eigenvalue weighted by molar-refractivity contribution is 5.99. The third kappa shape index (κ3) is 4.30. The van der Waals surface area contributed by atoms with Crippen molar-refractivity contribution in [2.24, 2.45) is 7.05 Å². The van der Waals surface area contributed by atoms with Crippen LogP contribution in [0.1, 0.15) is 40.5 Å². The van der Waals surface area contributed by atoms with E-state index in [0.717, 1.165) is 59.7 Å². The van der Waals surface area contributed by atoms with Crippen molar-refractivity contribution in [3.8, 4) is 22.3 Å². The number of unbranched alkanes of at least 4 members (excludes halogenated alkanes) is 1. The molecule has 0 spiro atoms. The lowest BCUT2D eigenvalue weighted by atomic mass is 9.96. The molecule has 0 amide bonds. The van der Waals surface area contributed by atoms with Gasteiger partial charge >= 0.3 is 0 Å². The van der Waals surface area contributed by atoms with Gasteiger partial charge < -0.3 is 0 Å². The molecule has 3 aromatic carbocycles. The Labute approximate surface area is 188 Å². The second-order valence-electron chi connectivity index (χ2n) is 7.61. The van der Waals surface area contributed by atoms with Gasteiger partial charge in [0.15, 0.2) is 11.0 Å². The first-order chi connectivity index (χ1) is 14.7. The van der Waals surface area contributed by atoms with Crippen molar-refractivity contribution in [1.82, 2.24) is 4.57 Å². The summed E-state index contributed by atoms with van der Waals surface area (Å²) in [6.45, 7) is 3.14. The number of aldehydes is 2. The molecule has 1 aromatic heterocycles. The van der Waals surface area contributed by atoms with Crippen LogP contribution >= 0.6 is 12.4 Å². The maximum atomic E-state index is 11.1. The molecular formula is C26H26ClN2O2+. The van der Waals surface area contributed by atoms with Gasteiger partial charge in [-0.1, -0.05) is 61.9 Å². The lowest BCUT2D eigenvalue weighted by Gasteiger charge is -2.09. The molecule has 0 fully saturated rings. The predicted octanol–water partition coefficient (Wildman–Crippen LogP) is 5.65. The maximum Gasteiger partial charge on any atom is 0.244 e. The molecule has 0 bridgehead atoms. The Bertz CT molecular complexity index is 1210. The summed E-state index contributed by atoms with van der Waals surface area (Å²) in [5.74, 6) is 0. The first-order valence-corrected chi connectivity index (χ1v) is 10.3. The predicted molar refractivity (Wildman–Crippen MR) is 127 cm³/mol. The highest BCUT2D eigenvalue weighted by Crippen LogP contribution is 2.34. The number of carbonyl (C=O) groups excluding carboxylic acids is 2. The van der Waals surface area contributed by atoms with Crippen LogP contribution in [0.5, 0.6) is 0 Å². The van der Waals surface area contributed by atoms with E-state index >= 15 is 0 Å². The van der Waals surface area contributed by atoms with E-state index in [1.54, 1.807) is 0 Å². The number of nitrogens with zero attached hydrogens (tertiary/aromatic N) is 2. The second-order valence-corrected chi connectivity index (χ2v) is 7.61. The molecule has 4 nitrogen and oxygen atoms in total. The summed E-state index contributed by atoms with van der Waals surface area (Å²) in [5, 5.41) is 0. The molecule has 0 aliphatic rings. The molecule has 0 aliphatic carbocycles. The van der Waals surface area contributed by atoms with Gasteiger partial charge in [0.25, 0.3) is 0 Å². The van der Waals surface area contributed by atoms with Crippen molar-refractivity contribution in [3.63, 3.8) is 0 Å². The first kappa shape index (κ1) is 22.4. The third-order valence-electron chi connectivity index (χ3n) is 5.57. The van der Waals surface area contributed by atoms with E-state index in [9.17, 15) is 9.59 Å². The molecular weight excluding hydrogens is 408 g/mol. The molecule has 1 heterocycles. The van der Waals surface area contributed by atoms with Crippen molar-refractivity contribution < 1.29 is 14.2 Å². The van der Waals surface area contributed by atoms with Crippen molar-refractivity contribution in [3.05, 3.63) is 78.1 Å². The molecule has 158 valence electrons. The topological polar surface area (TPSA) is 43.0 Å². The van der Waals surface area contributed by atoms with Gasteiger partial charge in [0.05, 0.1) is 13.6 Å². The number of imidazole rings is 1. The van der Waals surface area contributed by atoms with Crippen LogP contribution in [0, 0.1) is 0 Å². The Morgan fingerprint density at radius 1 is 0.806 bits per heavy atom. The summed E-state index contributed by atoms with van der Waals surface area (Å²) in [6.07, 6.45) is 6.13. The van der Waals surface area contributed by atoms with Crippen LogP contribution < -0.4 is 4.57 Å². The summed E-state index contributed by atoms with van der Waals surface area (Å²) in [4.78, 5) is 22.1. The van der Waals surface area contributed by atoms with Gasteiger partial charge in [0, 0.05) is 22.3 Å². The molecule has 0 saturated heterocycles. The first-order valence-electron chi connectivity index (χ1n) is 10.3. The van der Waals surface area contributed by atoms with Crippen LogP contribution in [-0.2, 0) is 13.6 Å². The van der Waals surface area contributed by atoms with Crippen molar-refractivity contribution in [1.29, 1.82) is 0 Å². The van der Waals surface area contributed by atoms with Gasteiger partial charge in [-0.25, -0.2) is 9.13 Å². The minimum atomic E-state index is 0. The number of carbonyl (C=O) groups is 2. The number of hydrogen-bond donors (Lipinski definition) is 0. The minimum absolute atomic E-state index is 0. The molecule has 5 heteroatoms. The van der Waals surface area contributed by atoms with E-state index in [-0.39, 0.29) is 12.4 Å². The van der Waals surface area contributed by atoms with Crippen molar-refractivity contribution in [2.75, 3.05) is 0 Å². The van der Waals surface area contributed by atoms with Crippen LogP contribution in [0.2, 0.25) is 0 Å². The van der Waals surface area contributed by atoms with Crippen molar-refractivity contribution >= 4 is 36.0 Å². The largest absolute Gasteiger partial charge is 0.298 e. The van der Waals surface area contributed by atoms with Gasteiger partial charge in [-0.2, -0.15) is 0 Å². The van der Waals surface area contributed by atoms with Gasteiger partial charge in [-0.15, -0.1) is 12.4 Å². The highest BCUT2D eigenvalue weighted by Gasteiger charge is 2.22. The number of fused-ring (bicyclic) bond motifs is 1. The van der Waals surface area contributed by atoms with Crippen LogP contribution in [0.15, 0.2) is 67.0 Å². The zero-order valence-corrected chi connectivity index (χ0v) is 18.6. The average molecular weight is 434 g/mol. The smallest absolute Gasteiger partial charge is 0.244 e. The molecule has 0 saturated carbocycles. The summed E-state index contributed by atoms with van der Waals surface area (Å²) in [6, 6.07) is 19.8. The van der Waals surface area contributed by atoms with Crippen LogP contribution in [0.3, 0.4) is 0 Å². The van der Waals surface area contributed by atoms with E-state index in [1.807, 2.05) is 48.5 Å². The Hall–Kier alpha value is -3.24. The van der Waals surface area contributed by atoms with Crippen LogP contribution in [0.4, 0.5) is 0 Å². The molecule has 0 radical (unpaired) electrons. The van der Waals surface area contributed by atoms with Gasteiger partial charge in [0.1, 0.15) is 12.6 Å². The summed E-state index contributed by atoms with van der Waals surface area (Å²) in [7, 11) is 2.08. The Morgan fingerprint density at radius 2 is 1.32 bits per heavy atom. The average Bonchev–Trinajstić information content (AvgIpc) is 3.13. The van der Waals surface area contributed by atoms with E-state index in [2.05, 4.69) is 41.6 Å². The van der Waals surface area contributed by atoms with Gasteiger partial charge in [-0.05, 0) is 29.7 Å². The second kappa shape index (κ2) is 9.71. The summed E-state index contributed by atoms with van der Waals surface area (Å²) < 4.78 is 4.50. The fourth-order valence-electron chi connectivity index (χ4n) is 4.00. The quantitative estimate of drug-likeness (QED) is 0.279. The molecule has 4 rings (SSSR count). The standard InChI is InChI=1S/C26H25N2O2.ClH/c1-3-4-15-28-18-27(2)25-23(21-9-5-19(16-29)6-10-21)13-14-24(26(25)28)22-11-7-20(17-30)8-12-22;/h5-14,16-18H,3-4,15H2,1-2H3;1H/q+1;. The minimum Gasteiger partial charge on any atom is -0.298 e. The van der Waals surface area contributed by atoms with Crippen LogP contribution in [0.25, 0.3) is 33.3 Å². The van der Waals surface area contributed by atoms with Gasteiger partial charge in [0.2, 0.25) is 6.33 Å². The Morgan fingerprint density at radius 3 is 1.84 bits per heavy atom. The zero-order valence-electron chi connectivity index (χ0n) is 17.7. The number of hydrogen-bond acceptors (Lipinski definition) is 2. The normalized spacial score (nSPS) is 10.6. The fourth-order valence-corrected chi connectivity index (χ4v) is 4.00. The van der Waals surface area contributed by atoms with E-state index in [4.69, 9.17) is 0 Å². The highest BCUT2D eigenvalue weighted by atomic mass is 35.5. The lowest BCUT2D eigenvalue weighted by Crippen LogP contribution is -2.26. The molecule has 4 aromatic rings. The summed E-state index contributed by atoms with van der Waals surface area (Å²) in [5.41, 5.74) is 8.13. The molecule has 0 unspecified atom stereocenters. The van der Waals surface area contributed by atoms with E-state index in [0.29, 0.717) is 11.1 Å². The fraction of sp³-hybridized carbons (Fsp3) is 0.192. The molecule has 0 N–H and O–H groups in total. The van der Waals surface area contributed by atoms with Gasteiger partial charge in [-0.3, -0.25) is 9.59 Å². The lowest BCUT2D eigenvalue weighted by molar-refractivity contribution is -0.645. The number of aryl methyl sites for hydroxylation is 2. The number of rotatable bonds is 7. The van der Waals surface area contributed by atoms with E-state index in [1.165, 1.54) is 5.52 Å². The maximum absolute atomic E-state index is 11.1. The molecule has 31 heavy (non-hydrogen) atoms. The summed E-state index contributed by atoms with van der Waals surface area (Å²) >= 11 is 0. The van der Waals surface area contributed by atoms with Crippen LogP contribution in [-0.4, -0.2) is 17.1 Å². The number of aromatic nitrogens is 2. The number of halogens is 1.